The van der Waals surface area contributed by atoms with E-state index in [9.17, 15) is 4.79 Å². The van der Waals surface area contributed by atoms with Crippen molar-refractivity contribution < 1.29 is 4.42 Å². The molecule has 0 fully saturated rings. The van der Waals surface area contributed by atoms with E-state index in [1.54, 1.807) is 12.3 Å². The molecule has 6 nitrogen and oxygen atoms in total. The Morgan fingerprint density at radius 1 is 1.58 bits per heavy atom. The van der Waals surface area contributed by atoms with Gasteiger partial charge in [0.15, 0.2) is 0 Å². The fraction of sp³-hybridized carbons (Fsp3) is 0.250. The quantitative estimate of drug-likeness (QED) is 0.848. The Bertz CT molecular complexity index is 647. The number of aryl methyl sites for hydroxylation is 1. The van der Waals surface area contributed by atoms with Crippen molar-refractivity contribution >= 4 is 17.3 Å². The molecule has 2 aromatic rings. The van der Waals surface area contributed by atoms with Gasteiger partial charge >= 0.3 is 0 Å². The number of hydrogen-bond acceptors (Lipinski definition) is 5. The highest BCUT2D eigenvalue weighted by Gasteiger charge is 2.09. The molecular formula is C12H13ClN4O2. The van der Waals surface area contributed by atoms with Crippen LogP contribution in [0.2, 0.25) is 5.02 Å². The van der Waals surface area contributed by atoms with Crippen molar-refractivity contribution in [2.24, 2.45) is 0 Å². The van der Waals surface area contributed by atoms with Crippen molar-refractivity contribution in [3.63, 3.8) is 0 Å². The molecule has 7 heteroatoms. The summed E-state index contributed by atoms with van der Waals surface area (Å²) in [5.41, 5.74) is 0.0815. The number of nitrogens with one attached hydrogen (secondary N) is 1. The molecule has 1 N–H and O–H groups in total. The molecule has 0 unspecified atom stereocenters. The normalized spacial score (nSPS) is 10.4. The number of hydrogen-bond donors (Lipinski definition) is 1. The molecule has 100 valence electrons. The van der Waals surface area contributed by atoms with E-state index in [4.69, 9.17) is 16.0 Å². The number of allylic oxidation sites excluding steroid dienone is 1. The molecule has 0 saturated carbocycles. The number of nitrogens with zero attached hydrogens (tertiary/aromatic N) is 3. The fourth-order valence-electron chi connectivity index (χ4n) is 1.49. The van der Waals surface area contributed by atoms with Crippen LogP contribution >= 0.6 is 11.6 Å². The standard InChI is InChI=1S/C12H13ClN4O2/c1-3-4-17-12(18)11(13)9(6-16-17)14-7-10-15-5-8(2)19-10/h3,5-6,14H,1,4,7H2,2H3. The lowest BCUT2D eigenvalue weighted by atomic mass is 10.4. The van der Waals surface area contributed by atoms with Gasteiger partial charge in [-0.25, -0.2) is 9.67 Å². The highest BCUT2D eigenvalue weighted by Crippen LogP contribution is 2.16. The maximum Gasteiger partial charge on any atom is 0.287 e. The molecule has 0 aliphatic rings. The summed E-state index contributed by atoms with van der Waals surface area (Å²) in [7, 11) is 0. The molecule has 0 radical (unpaired) electrons. The van der Waals surface area contributed by atoms with Crippen LogP contribution in [0, 0.1) is 6.92 Å². The first-order chi connectivity index (χ1) is 9.11. The van der Waals surface area contributed by atoms with Crippen molar-refractivity contribution in [3.8, 4) is 0 Å². The SMILES string of the molecule is C=CCn1ncc(NCc2ncc(C)o2)c(Cl)c1=O. The van der Waals surface area contributed by atoms with Crippen LogP contribution in [0.3, 0.4) is 0 Å². The van der Waals surface area contributed by atoms with E-state index in [0.29, 0.717) is 24.7 Å². The maximum atomic E-state index is 11.8. The molecule has 0 spiro atoms. The zero-order chi connectivity index (χ0) is 13.8. The zero-order valence-corrected chi connectivity index (χ0v) is 11.1. The number of oxazole rings is 1. The number of halogens is 1. The van der Waals surface area contributed by atoms with Gasteiger partial charge in [-0.2, -0.15) is 5.10 Å². The predicted molar refractivity (Wildman–Crippen MR) is 72.3 cm³/mol. The first-order valence-electron chi connectivity index (χ1n) is 5.63. The van der Waals surface area contributed by atoms with E-state index in [0.717, 1.165) is 5.76 Å². The Morgan fingerprint density at radius 2 is 2.37 bits per heavy atom. The molecule has 0 aromatic carbocycles. The first kappa shape index (κ1) is 13.4. The summed E-state index contributed by atoms with van der Waals surface area (Å²) >= 11 is 5.98. The molecule has 0 saturated heterocycles. The van der Waals surface area contributed by atoms with Crippen molar-refractivity contribution in [1.82, 2.24) is 14.8 Å². The summed E-state index contributed by atoms with van der Waals surface area (Å²) in [4.78, 5) is 15.9. The van der Waals surface area contributed by atoms with Gasteiger partial charge in [-0.15, -0.1) is 6.58 Å². The van der Waals surface area contributed by atoms with Gasteiger partial charge in [0.05, 0.1) is 31.2 Å². The lowest BCUT2D eigenvalue weighted by Gasteiger charge is -2.07. The van der Waals surface area contributed by atoms with Gasteiger partial charge in [0.25, 0.3) is 5.56 Å². The number of aromatic nitrogens is 3. The molecule has 2 aromatic heterocycles. The topological polar surface area (TPSA) is 73.0 Å². The summed E-state index contributed by atoms with van der Waals surface area (Å²) in [6.07, 6.45) is 4.69. The van der Waals surface area contributed by atoms with E-state index >= 15 is 0 Å². The van der Waals surface area contributed by atoms with Crippen LogP contribution < -0.4 is 10.9 Å². The molecule has 0 bridgehead atoms. The van der Waals surface area contributed by atoms with Crippen molar-refractivity contribution in [1.29, 1.82) is 0 Å². The Labute approximate surface area is 114 Å². The van der Waals surface area contributed by atoms with Gasteiger partial charge in [0.2, 0.25) is 5.89 Å². The predicted octanol–water partition coefficient (Wildman–Crippen LogP) is 1.99. The molecule has 0 aliphatic carbocycles. The van der Waals surface area contributed by atoms with Crippen LogP contribution in [0.4, 0.5) is 5.69 Å². The zero-order valence-electron chi connectivity index (χ0n) is 10.4. The average molecular weight is 281 g/mol. The summed E-state index contributed by atoms with van der Waals surface area (Å²) in [5, 5.41) is 7.03. The third kappa shape index (κ3) is 3.03. The molecule has 2 rings (SSSR count). The monoisotopic (exact) mass is 280 g/mol. The van der Waals surface area contributed by atoms with Gasteiger partial charge < -0.3 is 9.73 Å². The molecule has 0 atom stereocenters. The molecular weight excluding hydrogens is 268 g/mol. The Kier molecular flexibility index (Phi) is 4.01. The van der Waals surface area contributed by atoms with Crippen molar-refractivity contribution in [3.05, 3.63) is 52.1 Å². The van der Waals surface area contributed by atoms with Crippen molar-refractivity contribution in [2.45, 2.75) is 20.0 Å². The lowest BCUT2D eigenvalue weighted by Crippen LogP contribution is -2.23. The van der Waals surface area contributed by atoms with E-state index in [1.165, 1.54) is 10.9 Å². The summed E-state index contributed by atoms with van der Waals surface area (Å²) in [5.74, 6) is 1.24. The Balaban J connectivity index is 2.15. The fourth-order valence-corrected chi connectivity index (χ4v) is 1.71. The second kappa shape index (κ2) is 5.71. The highest BCUT2D eigenvalue weighted by atomic mass is 35.5. The first-order valence-corrected chi connectivity index (χ1v) is 6.01. The third-order valence-electron chi connectivity index (χ3n) is 2.39. The van der Waals surface area contributed by atoms with Crippen LogP contribution in [0.5, 0.6) is 0 Å². The Hall–Kier alpha value is -2.08. The second-order valence-corrected chi connectivity index (χ2v) is 4.24. The highest BCUT2D eigenvalue weighted by molar-refractivity contribution is 6.32. The van der Waals surface area contributed by atoms with Crippen LogP contribution in [0.25, 0.3) is 0 Å². The van der Waals surface area contributed by atoms with Crippen molar-refractivity contribution in [2.75, 3.05) is 5.32 Å². The minimum Gasteiger partial charge on any atom is -0.444 e. The minimum absolute atomic E-state index is 0.0835. The largest absolute Gasteiger partial charge is 0.444 e. The minimum atomic E-state index is -0.366. The smallest absolute Gasteiger partial charge is 0.287 e. The number of rotatable bonds is 5. The van der Waals surface area contributed by atoms with E-state index in [-0.39, 0.29) is 10.6 Å². The van der Waals surface area contributed by atoms with E-state index < -0.39 is 0 Å². The van der Waals surface area contributed by atoms with Gasteiger partial charge in [-0.3, -0.25) is 4.79 Å². The average Bonchev–Trinajstić information content (AvgIpc) is 2.80. The third-order valence-corrected chi connectivity index (χ3v) is 2.75. The van der Waals surface area contributed by atoms with Gasteiger partial charge in [0, 0.05) is 0 Å². The summed E-state index contributed by atoms with van der Waals surface area (Å²) in [6.45, 7) is 6.01. The lowest BCUT2D eigenvalue weighted by molar-refractivity contribution is 0.479. The summed E-state index contributed by atoms with van der Waals surface area (Å²) in [6, 6.07) is 0. The van der Waals surface area contributed by atoms with Crippen LogP contribution in [-0.2, 0) is 13.1 Å². The van der Waals surface area contributed by atoms with Crippen LogP contribution in [-0.4, -0.2) is 14.8 Å². The van der Waals surface area contributed by atoms with Crippen LogP contribution in [0.1, 0.15) is 11.7 Å². The second-order valence-electron chi connectivity index (χ2n) is 3.87. The van der Waals surface area contributed by atoms with E-state index in [1.807, 2.05) is 6.92 Å². The van der Waals surface area contributed by atoms with E-state index in [2.05, 4.69) is 22.0 Å². The van der Waals surface area contributed by atoms with Gasteiger partial charge in [0.1, 0.15) is 10.8 Å². The molecule has 19 heavy (non-hydrogen) atoms. The molecule has 0 amide bonds. The maximum absolute atomic E-state index is 11.8. The number of anilines is 1. The van der Waals surface area contributed by atoms with Gasteiger partial charge in [-0.1, -0.05) is 17.7 Å². The van der Waals surface area contributed by atoms with Gasteiger partial charge in [-0.05, 0) is 6.92 Å². The summed E-state index contributed by atoms with van der Waals surface area (Å²) < 4.78 is 6.54. The molecule has 2 heterocycles. The van der Waals surface area contributed by atoms with Crippen LogP contribution in [0.15, 0.2) is 34.3 Å². The Morgan fingerprint density at radius 3 is 3.00 bits per heavy atom. The molecule has 0 aliphatic heterocycles.